The second-order valence-corrected chi connectivity index (χ2v) is 7.16. The molecule has 2 aromatic heterocycles. The lowest BCUT2D eigenvalue weighted by Crippen LogP contribution is -2.25. The van der Waals surface area contributed by atoms with Gasteiger partial charge in [0.15, 0.2) is 11.5 Å². The number of nitrogens with zero attached hydrogens (tertiary/aromatic N) is 4. The van der Waals surface area contributed by atoms with Crippen LogP contribution in [-0.2, 0) is 6.42 Å². The number of nitrogens with one attached hydrogen (secondary N) is 1. The molecule has 4 aromatic rings. The van der Waals surface area contributed by atoms with Crippen molar-refractivity contribution in [2.75, 3.05) is 10.2 Å². The van der Waals surface area contributed by atoms with Crippen molar-refractivity contribution in [3.63, 3.8) is 0 Å². The minimum absolute atomic E-state index is 0.266. The molecule has 0 saturated carbocycles. The van der Waals surface area contributed by atoms with Gasteiger partial charge in [-0.1, -0.05) is 36.4 Å². The maximum absolute atomic E-state index is 12.7. The van der Waals surface area contributed by atoms with Gasteiger partial charge in [-0.05, 0) is 49.2 Å². The minimum atomic E-state index is -0.308. The molecule has 1 atom stereocenters. The van der Waals surface area contributed by atoms with Crippen LogP contribution in [0.1, 0.15) is 23.0 Å². The fourth-order valence-electron chi connectivity index (χ4n) is 3.88. The van der Waals surface area contributed by atoms with Crippen LogP contribution in [0, 0.1) is 0 Å². The summed E-state index contributed by atoms with van der Waals surface area (Å²) in [6, 6.07) is 21.7. The Balaban J connectivity index is 1.40. The average molecular weight is 381 g/mol. The number of carbonyl (C=O) groups is 1. The molecular weight excluding hydrogens is 362 g/mol. The van der Waals surface area contributed by atoms with E-state index in [9.17, 15) is 4.79 Å². The van der Waals surface area contributed by atoms with E-state index in [0.717, 1.165) is 28.8 Å². The van der Waals surface area contributed by atoms with E-state index in [4.69, 9.17) is 0 Å². The van der Waals surface area contributed by atoms with E-state index in [2.05, 4.69) is 50.5 Å². The first-order chi connectivity index (χ1) is 14.2. The Morgan fingerprint density at radius 2 is 1.86 bits per heavy atom. The monoisotopic (exact) mass is 381 g/mol. The third-order valence-corrected chi connectivity index (χ3v) is 5.22. The standard InChI is InChI=1S/C23H19N5O/c1-15-14-17-6-2-3-10-20(17)28(15)21-12-11-19(26-27-21)23(29)25-18-9-4-7-16-8-5-13-24-22(16)18/h2-13,15H,14H2,1H3,(H,25,29). The molecule has 1 N–H and O–H groups in total. The van der Waals surface area contributed by atoms with Gasteiger partial charge in [-0.2, -0.15) is 0 Å². The number of aromatic nitrogens is 3. The molecule has 1 aliphatic heterocycles. The molecule has 2 aromatic carbocycles. The number of pyridine rings is 1. The first kappa shape index (κ1) is 17.3. The summed E-state index contributed by atoms with van der Waals surface area (Å²) in [5.74, 6) is 0.433. The molecule has 0 aliphatic carbocycles. The summed E-state index contributed by atoms with van der Waals surface area (Å²) in [7, 11) is 0. The van der Waals surface area contributed by atoms with Crippen molar-refractivity contribution in [3.8, 4) is 0 Å². The number of rotatable bonds is 3. The Morgan fingerprint density at radius 3 is 2.72 bits per heavy atom. The third kappa shape index (κ3) is 3.08. The Kier molecular flexibility index (Phi) is 4.17. The summed E-state index contributed by atoms with van der Waals surface area (Å²) in [4.78, 5) is 19.2. The molecule has 0 saturated heterocycles. The molecule has 29 heavy (non-hydrogen) atoms. The van der Waals surface area contributed by atoms with Gasteiger partial charge in [0, 0.05) is 23.3 Å². The number of fused-ring (bicyclic) bond motifs is 2. The van der Waals surface area contributed by atoms with Gasteiger partial charge in [0.2, 0.25) is 0 Å². The van der Waals surface area contributed by atoms with Gasteiger partial charge in [-0.15, -0.1) is 10.2 Å². The SMILES string of the molecule is CC1Cc2ccccc2N1c1ccc(C(=O)Nc2cccc3cccnc23)nn1. The minimum Gasteiger partial charge on any atom is -0.321 e. The van der Waals surface area contributed by atoms with Crippen molar-refractivity contribution in [1.82, 2.24) is 15.2 Å². The molecule has 5 rings (SSSR count). The normalized spacial score (nSPS) is 15.3. The van der Waals surface area contributed by atoms with Gasteiger partial charge >= 0.3 is 0 Å². The fourth-order valence-corrected chi connectivity index (χ4v) is 3.88. The van der Waals surface area contributed by atoms with Crippen LogP contribution in [0.3, 0.4) is 0 Å². The molecule has 142 valence electrons. The van der Waals surface area contributed by atoms with Gasteiger partial charge in [0.05, 0.1) is 11.2 Å². The van der Waals surface area contributed by atoms with Crippen LogP contribution >= 0.6 is 0 Å². The van der Waals surface area contributed by atoms with Crippen LogP contribution < -0.4 is 10.2 Å². The van der Waals surface area contributed by atoms with E-state index in [1.807, 2.05) is 42.5 Å². The lowest BCUT2D eigenvalue weighted by molar-refractivity contribution is 0.102. The van der Waals surface area contributed by atoms with Crippen LogP contribution in [0.2, 0.25) is 0 Å². The van der Waals surface area contributed by atoms with Gasteiger partial charge < -0.3 is 10.2 Å². The Hall–Kier alpha value is -3.80. The van der Waals surface area contributed by atoms with E-state index >= 15 is 0 Å². The fraction of sp³-hybridized carbons (Fsp3) is 0.130. The second-order valence-electron chi connectivity index (χ2n) is 7.16. The summed E-state index contributed by atoms with van der Waals surface area (Å²) in [6.07, 6.45) is 2.68. The number of benzene rings is 2. The molecule has 1 unspecified atom stereocenters. The maximum Gasteiger partial charge on any atom is 0.276 e. The zero-order valence-electron chi connectivity index (χ0n) is 15.9. The Morgan fingerprint density at radius 1 is 1.00 bits per heavy atom. The average Bonchev–Trinajstić information content (AvgIpc) is 3.10. The van der Waals surface area contributed by atoms with Gasteiger partial charge in [0.1, 0.15) is 0 Å². The summed E-state index contributed by atoms with van der Waals surface area (Å²) in [5.41, 5.74) is 4.11. The number of para-hydroxylation sites is 2. The van der Waals surface area contributed by atoms with Crippen molar-refractivity contribution in [1.29, 1.82) is 0 Å². The highest BCUT2D eigenvalue weighted by molar-refractivity contribution is 6.07. The molecule has 6 nitrogen and oxygen atoms in total. The van der Waals surface area contributed by atoms with E-state index in [1.54, 1.807) is 12.3 Å². The molecule has 6 heteroatoms. The molecule has 1 aliphatic rings. The molecule has 0 radical (unpaired) electrons. The highest BCUT2D eigenvalue weighted by Gasteiger charge is 2.28. The quantitative estimate of drug-likeness (QED) is 0.571. The number of carbonyl (C=O) groups excluding carboxylic acids is 1. The van der Waals surface area contributed by atoms with Crippen LogP contribution in [0.5, 0.6) is 0 Å². The van der Waals surface area contributed by atoms with Crippen molar-refractivity contribution >= 4 is 34.0 Å². The van der Waals surface area contributed by atoms with Crippen molar-refractivity contribution in [3.05, 3.63) is 84.2 Å². The molecule has 1 amide bonds. The molecule has 0 fully saturated rings. The molecular formula is C23H19N5O. The maximum atomic E-state index is 12.7. The van der Waals surface area contributed by atoms with E-state index in [-0.39, 0.29) is 11.6 Å². The number of hydrogen-bond acceptors (Lipinski definition) is 5. The van der Waals surface area contributed by atoms with E-state index in [1.165, 1.54) is 5.56 Å². The van der Waals surface area contributed by atoms with Gasteiger partial charge in [-0.3, -0.25) is 9.78 Å². The third-order valence-electron chi connectivity index (χ3n) is 5.22. The Labute approximate surface area is 168 Å². The highest BCUT2D eigenvalue weighted by atomic mass is 16.1. The zero-order chi connectivity index (χ0) is 19.8. The number of amides is 1. The topological polar surface area (TPSA) is 71.0 Å². The number of anilines is 3. The van der Waals surface area contributed by atoms with Crippen molar-refractivity contribution in [2.45, 2.75) is 19.4 Å². The van der Waals surface area contributed by atoms with Crippen LogP contribution in [0.4, 0.5) is 17.2 Å². The summed E-state index contributed by atoms with van der Waals surface area (Å²) in [6.45, 7) is 2.16. The predicted octanol–water partition coefficient (Wildman–Crippen LogP) is 4.36. The lowest BCUT2D eigenvalue weighted by atomic mass is 10.1. The van der Waals surface area contributed by atoms with Crippen LogP contribution in [-0.4, -0.2) is 27.1 Å². The first-order valence-electron chi connectivity index (χ1n) is 9.57. The van der Waals surface area contributed by atoms with E-state index < -0.39 is 0 Å². The zero-order valence-corrected chi connectivity index (χ0v) is 15.9. The van der Waals surface area contributed by atoms with Gasteiger partial charge in [-0.25, -0.2) is 0 Å². The van der Waals surface area contributed by atoms with Gasteiger partial charge in [0.25, 0.3) is 5.91 Å². The smallest absolute Gasteiger partial charge is 0.276 e. The van der Waals surface area contributed by atoms with Crippen LogP contribution in [0.25, 0.3) is 10.9 Å². The summed E-state index contributed by atoms with van der Waals surface area (Å²) in [5, 5.41) is 12.4. The molecule has 0 spiro atoms. The molecule has 0 bridgehead atoms. The first-order valence-corrected chi connectivity index (χ1v) is 9.57. The second kappa shape index (κ2) is 6.98. The largest absolute Gasteiger partial charge is 0.321 e. The van der Waals surface area contributed by atoms with E-state index in [0.29, 0.717) is 11.7 Å². The summed E-state index contributed by atoms with van der Waals surface area (Å²) >= 11 is 0. The van der Waals surface area contributed by atoms with Crippen molar-refractivity contribution in [2.24, 2.45) is 0 Å². The van der Waals surface area contributed by atoms with Crippen LogP contribution in [0.15, 0.2) is 72.9 Å². The van der Waals surface area contributed by atoms with Crippen molar-refractivity contribution < 1.29 is 4.79 Å². The predicted molar refractivity (Wildman–Crippen MR) is 113 cm³/mol. The summed E-state index contributed by atoms with van der Waals surface area (Å²) < 4.78 is 0. The lowest BCUT2D eigenvalue weighted by Gasteiger charge is -2.23. The number of hydrogen-bond donors (Lipinski definition) is 1. The Bertz CT molecular complexity index is 1200. The highest BCUT2D eigenvalue weighted by Crippen LogP contribution is 2.36. The molecule has 3 heterocycles.